The minimum absolute atomic E-state index is 0.104. The van der Waals surface area contributed by atoms with Crippen LogP contribution in [-0.4, -0.2) is 15.7 Å². The lowest BCUT2D eigenvalue weighted by molar-refractivity contribution is 0.111. The molecule has 0 fully saturated rings. The molecule has 25 heavy (non-hydrogen) atoms. The Morgan fingerprint density at radius 1 is 1.08 bits per heavy atom. The number of thiazole rings is 1. The smallest absolute Gasteiger partial charge is 0.195 e. The van der Waals surface area contributed by atoms with Crippen molar-refractivity contribution < 1.29 is 4.79 Å². The SMILES string of the molecule is CC(C)(C)c1ccc(-c2nc3scc(-c4cccs4)n3c2C=O)cc1. The molecule has 0 N–H and O–H groups in total. The molecule has 0 saturated heterocycles. The number of rotatable bonds is 3. The molecule has 4 rings (SSSR count). The highest BCUT2D eigenvalue weighted by atomic mass is 32.1. The molecule has 126 valence electrons. The van der Waals surface area contributed by atoms with Gasteiger partial charge in [0.15, 0.2) is 11.2 Å². The minimum Gasteiger partial charge on any atom is -0.296 e. The van der Waals surface area contributed by atoms with Crippen molar-refractivity contribution in [1.82, 2.24) is 9.38 Å². The monoisotopic (exact) mass is 366 g/mol. The summed E-state index contributed by atoms with van der Waals surface area (Å²) in [6, 6.07) is 12.5. The van der Waals surface area contributed by atoms with E-state index in [9.17, 15) is 4.79 Å². The van der Waals surface area contributed by atoms with Gasteiger partial charge in [0.05, 0.1) is 10.6 Å². The van der Waals surface area contributed by atoms with Crippen LogP contribution in [0.2, 0.25) is 0 Å². The van der Waals surface area contributed by atoms with Gasteiger partial charge in [-0.25, -0.2) is 4.98 Å². The third-order valence-electron chi connectivity index (χ3n) is 4.31. The number of fused-ring (bicyclic) bond motifs is 1. The van der Waals surface area contributed by atoms with Gasteiger partial charge in [-0.15, -0.1) is 22.7 Å². The fraction of sp³-hybridized carbons (Fsp3) is 0.200. The molecule has 0 saturated carbocycles. The van der Waals surface area contributed by atoms with Crippen LogP contribution in [0.4, 0.5) is 0 Å². The lowest BCUT2D eigenvalue weighted by Crippen LogP contribution is -2.10. The first-order chi connectivity index (χ1) is 12.0. The maximum Gasteiger partial charge on any atom is 0.195 e. The Labute approximate surface area is 154 Å². The summed E-state index contributed by atoms with van der Waals surface area (Å²) in [6.07, 6.45) is 0.914. The molecule has 0 spiro atoms. The Bertz CT molecular complexity index is 1030. The number of benzene rings is 1. The molecular formula is C20H18N2OS2. The molecule has 1 aromatic carbocycles. The molecule has 0 radical (unpaired) electrons. The fourth-order valence-electron chi connectivity index (χ4n) is 2.93. The van der Waals surface area contributed by atoms with Crippen LogP contribution < -0.4 is 0 Å². The molecule has 0 aliphatic heterocycles. The lowest BCUT2D eigenvalue weighted by atomic mass is 9.86. The van der Waals surface area contributed by atoms with E-state index in [1.165, 1.54) is 5.56 Å². The van der Waals surface area contributed by atoms with Crippen LogP contribution in [0.1, 0.15) is 36.8 Å². The third kappa shape index (κ3) is 2.73. The van der Waals surface area contributed by atoms with Crippen LogP contribution in [-0.2, 0) is 5.41 Å². The molecule has 3 heterocycles. The van der Waals surface area contributed by atoms with Gasteiger partial charge in [-0.3, -0.25) is 9.20 Å². The van der Waals surface area contributed by atoms with Crippen LogP contribution in [0.3, 0.4) is 0 Å². The highest BCUT2D eigenvalue weighted by Crippen LogP contribution is 2.34. The van der Waals surface area contributed by atoms with Crippen molar-refractivity contribution in [2.24, 2.45) is 0 Å². The molecule has 3 nitrogen and oxygen atoms in total. The number of hydrogen-bond acceptors (Lipinski definition) is 4. The average molecular weight is 367 g/mol. The van der Waals surface area contributed by atoms with Gasteiger partial charge in [0, 0.05) is 10.9 Å². The van der Waals surface area contributed by atoms with Crippen molar-refractivity contribution in [1.29, 1.82) is 0 Å². The summed E-state index contributed by atoms with van der Waals surface area (Å²) in [5.41, 5.74) is 4.74. The molecule has 0 amide bonds. The number of imidazole rings is 1. The van der Waals surface area contributed by atoms with Crippen molar-refractivity contribution in [2.75, 3.05) is 0 Å². The van der Waals surface area contributed by atoms with E-state index < -0.39 is 0 Å². The normalized spacial score (nSPS) is 12.0. The topological polar surface area (TPSA) is 34.4 Å². The van der Waals surface area contributed by atoms with Crippen molar-refractivity contribution >= 4 is 33.9 Å². The van der Waals surface area contributed by atoms with Crippen LogP contribution in [0.25, 0.3) is 26.8 Å². The van der Waals surface area contributed by atoms with Crippen LogP contribution in [0, 0.1) is 0 Å². The van der Waals surface area contributed by atoms with E-state index in [1.807, 2.05) is 15.8 Å². The maximum atomic E-state index is 11.9. The highest BCUT2D eigenvalue weighted by molar-refractivity contribution is 7.17. The maximum absolute atomic E-state index is 11.9. The molecule has 0 aliphatic carbocycles. The minimum atomic E-state index is 0.104. The number of nitrogens with zero attached hydrogens (tertiary/aromatic N) is 2. The van der Waals surface area contributed by atoms with E-state index in [-0.39, 0.29) is 5.41 Å². The van der Waals surface area contributed by atoms with Gasteiger partial charge in [0.2, 0.25) is 0 Å². The van der Waals surface area contributed by atoms with Gasteiger partial charge in [-0.2, -0.15) is 0 Å². The Morgan fingerprint density at radius 3 is 2.44 bits per heavy atom. The van der Waals surface area contributed by atoms with Gasteiger partial charge in [0.1, 0.15) is 11.4 Å². The van der Waals surface area contributed by atoms with E-state index in [0.717, 1.165) is 33.1 Å². The van der Waals surface area contributed by atoms with E-state index in [2.05, 4.69) is 56.5 Å². The first-order valence-electron chi connectivity index (χ1n) is 8.09. The fourth-order valence-corrected chi connectivity index (χ4v) is 4.63. The average Bonchev–Trinajstić information content (AvgIpc) is 3.29. The number of carbonyl (C=O) groups excluding carboxylic acids is 1. The zero-order chi connectivity index (χ0) is 17.6. The van der Waals surface area contributed by atoms with Crippen LogP contribution >= 0.6 is 22.7 Å². The van der Waals surface area contributed by atoms with Gasteiger partial charge in [-0.1, -0.05) is 51.1 Å². The molecule has 5 heteroatoms. The summed E-state index contributed by atoms with van der Waals surface area (Å²) in [4.78, 5) is 18.6. The predicted molar refractivity (Wildman–Crippen MR) is 106 cm³/mol. The Morgan fingerprint density at radius 2 is 1.84 bits per heavy atom. The molecule has 4 aromatic rings. The zero-order valence-electron chi connectivity index (χ0n) is 14.3. The first-order valence-corrected chi connectivity index (χ1v) is 9.85. The largest absolute Gasteiger partial charge is 0.296 e. The molecular weight excluding hydrogens is 348 g/mol. The van der Waals surface area contributed by atoms with Crippen molar-refractivity contribution in [2.45, 2.75) is 26.2 Å². The number of carbonyl (C=O) groups is 1. The Kier molecular flexibility index (Phi) is 3.85. The van der Waals surface area contributed by atoms with Gasteiger partial charge >= 0.3 is 0 Å². The Hall–Kier alpha value is -2.24. The Balaban J connectivity index is 1.87. The molecule has 3 aromatic heterocycles. The van der Waals surface area contributed by atoms with Crippen molar-refractivity contribution in [3.8, 4) is 21.8 Å². The van der Waals surface area contributed by atoms with Crippen molar-refractivity contribution in [3.05, 3.63) is 58.4 Å². The van der Waals surface area contributed by atoms with Gasteiger partial charge < -0.3 is 0 Å². The molecule has 0 bridgehead atoms. The number of aldehydes is 1. The summed E-state index contributed by atoms with van der Waals surface area (Å²) in [7, 11) is 0. The molecule has 0 atom stereocenters. The quantitative estimate of drug-likeness (QED) is 0.423. The van der Waals surface area contributed by atoms with E-state index >= 15 is 0 Å². The lowest BCUT2D eigenvalue weighted by Gasteiger charge is -2.19. The molecule has 0 unspecified atom stereocenters. The standard InChI is InChI=1S/C20H18N2OS2/c1-20(2,3)14-8-6-13(7-9-14)18-15(11-23)22-16(12-25-19(22)21-18)17-5-4-10-24-17/h4-12H,1-3H3. The summed E-state index contributed by atoms with van der Waals surface area (Å²) in [5, 5.41) is 4.11. The number of aromatic nitrogens is 2. The van der Waals surface area contributed by atoms with E-state index in [4.69, 9.17) is 4.98 Å². The second-order valence-corrected chi connectivity index (χ2v) is 8.79. The highest BCUT2D eigenvalue weighted by Gasteiger charge is 2.20. The van der Waals surface area contributed by atoms with Gasteiger partial charge in [-0.05, 0) is 22.4 Å². The van der Waals surface area contributed by atoms with E-state index in [1.54, 1.807) is 22.7 Å². The summed E-state index contributed by atoms with van der Waals surface area (Å²) in [5.74, 6) is 0. The summed E-state index contributed by atoms with van der Waals surface area (Å²) in [6.45, 7) is 6.58. The zero-order valence-corrected chi connectivity index (χ0v) is 15.9. The number of hydrogen-bond donors (Lipinski definition) is 0. The molecule has 0 aliphatic rings. The summed E-state index contributed by atoms with van der Waals surface area (Å²) >= 11 is 3.23. The van der Waals surface area contributed by atoms with Crippen LogP contribution in [0.15, 0.2) is 47.2 Å². The van der Waals surface area contributed by atoms with Crippen molar-refractivity contribution in [3.63, 3.8) is 0 Å². The predicted octanol–water partition coefficient (Wildman–Crippen LogP) is 5.90. The second kappa shape index (κ2) is 5.93. The van der Waals surface area contributed by atoms with E-state index in [0.29, 0.717) is 5.69 Å². The van der Waals surface area contributed by atoms with Crippen LogP contribution in [0.5, 0.6) is 0 Å². The number of thiophene rings is 1. The van der Waals surface area contributed by atoms with Gasteiger partial charge in [0.25, 0.3) is 0 Å². The summed E-state index contributed by atoms with van der Waals surface area (Å²) < 4.78 is 1.97. The third-order valence-corrected chi connectivity index (χ3v) is 6.03. The first kappa shape index (κ1) is 16.2. The second-order valence-electron chi connectivity index (χ2n) is 7.01.